The molecule has 1 aliphatic heterocycles. The molecule has 3 nitrogen and oxygen atoms in total. The second-order valence-electron chi connectivity index (χ2n) is 5.59. The average molecular weight is 335 g/mol. The topological polar surface area (TPSA) is 34.7 Å². The molecule has 0 spiro atoms. The Labute approximate surface area is 145 Å². The van der Waals surface area contributed by atoms with Crippen molar-refractivity contribution in [2.24, 2.45) is 4.99 Å². The molecular weight excluding hydrogens is 318 g/mol. The fraction of sp³-hybridized carbons (Fsp3) is 0.150. The van der Waals surface area contributed by atoms with Gasteiger partial charge in [0.05, 0.1) is 24.8 Å². The van der Waals surface area contributed by atoms with E-state index in [0.717, 1.165) is 29.3 Å². The number of hydrogen-bond acceptors (Lipinski definition) is 4. The summed E-state index contributed by atoms with van der Waals surface area (Å²) < 4.78 is 10.9. The van der Waals surface area contributed by atoms with Crippen LogP contribution in [0.25, 0.3) is 0 Å². The first-order valence-corrected chi connectivity index (χ1v) is 8.72. The molecule has 2 aromatic carbocycles. The Hall–Kier alpha value is -2.46. The number of ether oxygens (including phenoxy) is 1. The van der Waals surface area contributed by atoms with Gasteiger partial charge < -0.3 is 9.15 Å². The fourth-order valence-electron chi connectivity index (χ4n) is 2.81. The third-order valence-corrected chi connectivity index (χ3v) is 5.38. The van der Waals surface area contributed by atoms with Crippen molar-refractivity contribution in [1.82, 2.24) is 0 Å². The highest BCUT2D eigenvalue weighted by Crippen LogP contribution is 2.45. The van der Waals surface area contributed by atoms with Crippen LogP contribution < -0.4 is 4.74 Å². The summed E-state index contributed by atoms with van der Waals surface area (Å²) in [4.78, 5) is 6.06. The van der Waals surface area contributed by atoms with Crippen molar-refractivity contribution in [3.05, 3.63) is 78.3 Å². The number of fused-ring (bicyclic) bond motifs is 1. The van der Waals surface area contributed by atoms with Crippen LogP contribution in [0.15, 0.2) is 81.2 Å². The van der Waals surface area contributed by atoms with E-state index in [4.69, 9.17) is 14.1 Å². The summed E-state index contributed by atoms with van der Waals surface area (Å²) >= 11 is 1.85. The van der Waals surface area contributed by atoms with E-state index in [-0.39, 0.29) is 5.25 Å². The Kier molecular flexibility index (Phi) is 4.13. The van der Waals surface area contributed by atoms with Crippen LogP contribution in [-0.2, 0) is 0 Å². The second-order valence-corrected chi connectivity index (χ2v) is 6.83. The zero-order chi connectivity index (χ0) is 16.4. The first-order chi connectivity index (χ1) is 11.8. The molecular formula is C20H17NO2S. The van der Waals surface area contributed by atoms with Crippen molar-refractivity contribution in [2.45, 2.75) is 16.6 Å². The fourth-order valence-corrected chi connectivity index (χ4v) is 4.05. The van der Waals surface area contributed by atoms with E-state index < -0.39 is 0 Å². The second kappa shape index (κ2) is 6.57. The summed E-state index contributed by atoms with van der Waals surface area (Å²) in [5.41, 5.74) is 3.25. The molecule has 1 aliphatic rings. The van der Waals surface area contributed by atoms with E-state index in [1.54, 1.807) is 13.4 Å². The van der Waals surface area contributed by atoms with Crippen molar-refractivity contribution in [2.75, 3.05) is 7.11 Å². The highest BCUT2D eigenvalue weighted by atomic mass is 32.2. The van der Waals surface area contributed by atoms with Gasteiger partial charge in [-0.2, -0.15) is 0 Å². The number of para-hydroxylation sites is 1. The summed E-state index contributed by atoms with van der Waals surface area (Å²) in [6.45, 7) is 0. The van der Waals surface area contributed by atoms with E-state index in [1.807, 2.05) is 42.1 Å². The maximum absolute atomic E-state index is 5.60. The van der Waals surface area contributed by atoms with E-state index in [9.17, 15) is 0 Å². The summed E-state index contributed by atoms with van der Waals surface area (Å²) in [6.07, 6.45) is 2.52. The number of methoxy groups -OCH3 is 1. The summed E-state index contributed by atoms with van der Waals surface area (Å²) in [5, 5.41) is 0.281. The van der Waals surface area contributed by atoms with Gasteiger partial charge in [0.15, 0.2) is 0 Å². The average Bonchev–Trinajstić information content (AvgIpc) is 3.09. The van der Waals surface area contributed by atoms with Gasteiger partial charge in [-0.15, -0.1) is 11.8 Å². The largest absolute Gasteiger partial charge is 0.497 e. The molecule has 120 valence electrons. The predicted octanol–water partition coefficient (Wildman–Crippen LogP) is 5.65. The lowest BCUT2D eigenvalue weighted by molar-refractivity contribution is 0.414. The van der Waals surface area contributed by atoms with Gasteiger partial charge in [-0.3, -0.25) is 0 Å². The SMILES string of the molecule is COc1ccc(C2CC(c3ccco3)=Nc3ccccc3S2)cc1. The number of benzene rings is 2. The Balaban J connectivity index is 1.75. The van der Waals surface area contributed by atoms with Crippen LogP contribution in [-0.4, -0.2) is 12.8 Å². The summed E-state index contributed by atoms with van der Waals surface area (Å²) in [6, 6.07) is 20.4. The molecule has 1 unspecified atom stereocenters. The normalized spacial score (nSPS) is 16.9. The van der Waals surface area contributed by atoms with Crippen LogP contribution in [0, 0.1) is 0 Å². The maximum Gasteiger partial charge on any atom is 0.148 e. The standard InChI is InChI=1S/C20H17NO2S/c1-22-15-10-8-14(9-11-15)20-13-17(18-6-4-12-23-18)21-16-5-2-3-7-19(16)24-20/h2-12,20H,13H2,1H3. The molecule has 1 atom stereocenters. The van der Waals surface area contributed by atoms with Crippen LogP contribution in [0.2, 0.25) is 0 Å². The lowest BCUT2D eigenvalue weighted by atomic mass is 10.0. The monoisotopic (exact) mass is 335 g/mol. The number of hydrogen-bond donors (Lipinski definition) is 0. The molecule has 24 heavy (non-hydrogen) atoms. The van der Waals surface area contributed by atoms with Gasteiger partial charge >= 0.3 is 0 Å². The van der Waals surface area contributed by atoms with Crippen molar-refractivity contribution in [3.63, 3.8) is 0 Å². The minimum Gasteiger partial charge on any atom is -0.497 e. The molecule has 2 heterocycles. The third-order valence-electron chi connectivity index (χ3n) is 4.06. The van der Waals surface area contributed by atoms with Gasteiger partial charge in [0.25, 0.3) is 0 Å². The minimum absolute atomic E-state index is 0.281. The van der Waals surface area contributed by atoms with Gasteiger partial charge in [-0.05, 0) is 42.0 Å². The van der Waals surface area contributed by atoms with E-state index in [2.05, 4.69) is 30.3 Å². The molecule has 0 saturated heterocycles. The Morgan fingerprint density at radius 1 is 1.04 bits per heavy atom. The molecule has 1 aromatic heterocycles. The molecule has 3 aromatic rings. The van der Waals surface area contributed by atoms with Gasteiger partial charge in [-0.1, -0.05) is 24.3 Å². The first kappa shape index (κ1) is 15.1. The number of nitrogens with zero attached hydrogens (tertiary/aromatic N) is 1. The molecule has 0 saturated carbocycles. The molecule has 0 radical (unpaired) electrons. The van der Waals surface area contributed by atoms with Gasteiger partial charge in [-0.25, -0.2) is 4.99 Å². The molecule has 0 bridgehead atoms. The van der Waals surface area contributed by atoms with Crippen molar-refractivity contribution >= 4 is 23.2 Å². The highest BCUT2D eigenvalue weighted by molar-refractivity contribution is 7.99. The van der Waals surface area contributed by atoms with Gasteiger partial charge in [0.1, 0.15) is 11.5 Å². The van der Waals surface area contributed by atoms with E-state index >= 15 is 0 Å². The number of rotatable bonds is 3. The van der Waals surface area contributed by atoms with Gasteiger partial charge in [0.2, 0.25) is 0 Å². The van der Waals surface area contributed by atoms with E-state index in [1.165, 1.54) is 10.5 Å². The van der Waals surface area contributed by atoms with Crippen molar-refractivity contribution in [1.29, 1.82) is 0 Å². The Morgan fingerprint density at radius 2 is 1.88 bits per heavy atom. The van der Waals surface area contributed by atoms with Crippen LogP contribution in [0.1, 0.15) is 23.0 Å². The van der Waals surface area contributed by atoms with Crippen molar-refractivity contribution in [3.8, 4) is 5.75 Å². The minimum atomic E-state index is 0.281. The molecule has 0 fully saturated rings. The Morgan fingerprint density at radius 3 is 2.62 bits per heavy atom. The number of thioether (sulfide) groups is 1. The predicted molar refractivity (Wildman–Crippen MR) is 97.6 cm³/mol. The van der Waals surface area contributed by atoms with Crippen LogP contribution in [0.3, 0.4) is 0 Å². The zero-order valence-corrected chi connectivity index (χ0v) is 14.1. The Bertz CT molecular complexity index is 854. The maximum atomic E-state index is 5.60. The summed E-state index contributed by atoms with van der Waals surface area (Å²) in [7, 11) is 1.69. The molecule has 0 amide bonds. The molecule has 4 rings (SSSR count). The number of aliphatic imine (C=N–C) groups is 1. The smallest absolute Gasteiger partial charge is 0.148 e. The molecule has 4 heteroatoms. The number of furan rings is 1. The van der Waals surface area contributed by atoms with Crippen molar-refractivity contribution < 1.29 is 9.15 Å². The molecule has 0 aliphatic carbocycles. The summed E-state index contributed by atoms with van der Waals surface area (Å²) in [5.74, 6) is 1.71. The zero-order valence-electron chi connectivity index (χ0n) is 13.3. The lowest BCUT2D eigenvalue weighted by Gasteiger charge is -2.16. The van der Waals surface area contributed by atoms with Crippen LogP contribution >= 0.6 is 11.8 Å². The van der Waals surface area contributed by atoms with Crippen LogP contribution in [0.4, 0.5) is 5.69 Å². The van der Waals surface area contributed by atoms with Crippen LogP contribution in [0.5, 0.6) is 5.75 Å². The molecule has 0 N–H and O–H groups in total. The quantitative estimate of drug-likeness (QED) is 0.620. The van der Waals surface area contributed by atoms with Gasteiger partial charge in [0, 0.05) is 16.6 Å². The lowest BCUT2D eigenvalue weighted by Crippen LogP contribution is -2.04. The van der Waals surface area contributed by atoms with E-state index in [0.29, 0.717) is 0 Å². The highest BCUT2D eigenvalue weighted by Gasteiger charge is 2.23. The first-order valence-electron chi connectivity index (χ1n) is 7.84. The third kappa shape index (κ3) is 2.97.